The first-order valence-corrected chi connectivity index (χ1v) is 17.1. The van der Waals surface area contributed by atoms with Crippen LogP contribution in [0.15, 0.2) is 158 Å². The van der Waals surface area contributed by atoms with Crippen molar-refractivity contribution in [3.05, 3.63) is 169 Å². The van der Waals surface area contributed by atoms with Crippen molar-refractivity contribution in [1.82, 2.24) is 9.97 Å². The molecule has 0 spiro atoms. The molecule has 50 heavy (non-hydrogen) atoms. The number of allylic oxidation sites excluding steroid dienone is 1. The summed E-state index contributed by atoms with van der Waals surface area (Å²) in [5.74, 6) is 0. The zero-order valence-corrected chi connectivity index (χ0v) is 27.3. The molecule has 0 unspecified atom stereocenters. The second-order valence-corrected chi connectivity index (χ2v) is 13.2. The fraction of sp³-hybridized carbons (Fsp3) is 0.0213. The van der Waals surface area contributed by atoms with Gasteiger partial charge in [-0.05, 0) is 67.4 Å². The van der Waals surface area contributed by atoms with Crippen molar-refractivity contribution in [2.24, 2.45) is 0 Å². The monoisotopic (exact) mass is 637 g/mol. The van der Waals surface area contributed by atoms with E-state index in [2.05, 4.69) is 164 Å². The van der Waals surface area contributed by atoms with Gasteiger partial charge in [0.25, 0.3) is 0 Å². The van der Waals surface area contributed by atoms with Crippen molar-refractivity contribution in [1.29, 1.82) is 0 Å². The van der Waals surface area contributed by atoms with Crippen LogP contribution in [0.2, 0.25) is 0 Å². The molecule has 10 aromatic rings. The van der Waals surface area contributed by atoms with Crippen molar-refractivity contribution in [3.8, 4) is 22.5 Å². The molecule has 0 aliphatic carbocycles. The Morgan fingerprint density at radius 2 is 1.00 bits per heavy atom. The molecule has 0 amide bonds. The van der Waals surface area contributed by atoms with E-state index in [1.165, 1.54) is 48.7 Å². The van der Waals surface area contributed by atoms with Gasteiger partial charge in [-0.15, -0.1) is 0 Å². The largest absolute Gasteiger partial charge is 0.396 e. The first-order valence-electron chi connectivity index (χ1n) is 17.1. The number of nitrogens with two attached hydrogens (primary N) is 1. The van der Waals surface area contributed by atoms with Crippen LogP contribution in [0.1, 0.15) is 11.1 Å². The number of fused-ring (bicyclic) bond motifs is 4. The minimum absolute atomic E-state index is 0.695. The molecule has 234 valence electrons. The van der Waals surface area contributed by atoms with Crippen LogP contribution in [0.4, 0.5) is 5.69 Å². The molecular formula is C47H31N3. The lowest BCUT2D eigenvalue weighted by Crippen LogP contribution is -1.95. The molecule has 0 saturated carbocycles. The van der Waals surface area contributed by atoms with Gasteiger partial charge in [0, 0.05) is 27.3 Å². The summed E-state index contributed by atoms with van der Waals surface area (Å²) in [5, 5.41) is 12.4. The Bertz CT molecular complexity index is 2940. The van der Waals surface area contributed by atoms with Gasteiger partial charge < -0.3 is 5.73 Å². The van der Waals surface area contributed by atoms with Crippen molar-refractivity contribution >= 4 is 76.7 Å². The molecular weight excluding hydrogens is 607 g/mol. The number of pyridine rings is 2. The number of rotatable bonds is 5. The van der Waals surface area contributed by atoms with Gasteiger partial charge in [0.2, 0.25) is 0 Å². The number of hydrogen-bond donors (Lipinski definition) is 1. The zero-order valence-electron chi connectivity index (χ0n) is 27.3. The van der Waals surface area contributed by atoms with E-state index in [1.54, 1.807) is 0 Å². The minimum atomic E-state index is 0.695. The number of nitrogens with zero attached hydrogens (tertiary/aromatic N) is 2. The van der Waals surface area contributed by atoms with Crippen molar-refractivity contribution in [2.75, 3.05) is 5.73 Å². The molecule has 3 heteroatoms. The topological polar surface area (TPSA) is 51.8 Å². The SMILES string of the molecule is Nc1c(/C=C\Cc2ccc3ccc4cccc5ccc2c3c45)ccc2ccc(-c3ccc(-c4ccc5ccc6ccccc6c5n4)cc3)nc12. The molecule has 0 aliphatic heterocycles. The number of hydrogen-bond acceptors (Lipinski definition) is 3. The maximum atomic E-state index is 6.80. The van der Waals surface area contributed by atoms with Crippen molar-refractivity contribution < 1.29 is 0 Å². The van der Waals surface area contributed by atoms with Crippen LogP contribution in [-0.2, 0) is 6.42 Å². The van der Waals surface area contributed by atoms with E-state index in [-0.39, 0.29) is 0 Å². The standard InChI is InChI=1S/C47H31N3/c48-45-36(9-3-6-29-11-17-35-19-18-33-7-4-8-34-23-26-39(29)44(35)43(33)34)20-22-38-25-28-42(50-47(38)45)32-15-13-31(14-16-32)41-27-24-37-21-12-30-5-1-2-10-40(30)46(37)49-41/h1-5,7-28H,6,48H2/b9-3-. The Morgan fingerprint density at radius 1 is 0.440 bits per heavy atom. The maximum absolute atomic E-state index is 6.80. The van der Waals surface area contributed by atoms with Crippen LogP contribution in [0.25, 0.3) is 93.5 Å². The van der Waals surface area contributed by atoms with Crippen molar-refractivity contribution in [2.45, 2.75) is 6.42 Å². The minimum Gasteiger partial charge on any atom is -0.396 e. The average Bonchev–Trinajstić information content (AvgIpc) is 3.18. The Hall–Kier alpha value is -6.58. The maximum Gasteiger partial charge on any atom is 0.0944 e. The highest BCUT2D eigenvalue weighted by Crippen LogP contribution is 2.37. The number of aromatic nitrogens is 2. The highest BCUT2D eigenvalue weighted by Gasteiger charge is 2.12. The summed E-state index contributed by atoms with van der Waals surface area (Å²) in [7, 11) is 0. The first-order chi connectivity index (χ1) is 24.7. The quantitative estimate of drug-likeness (QED) is 0.151. The van der Waals surface area contributed by atoms with Crippen LogP contribution in [0, 0.1) is 0 Å². The third kappa shape index (κ3) is 4.59. The molecule has 0 saturated heterocycles. The number of anilines is 1. The first kappa shape index (κ1) is 28.4. The molecule has 2 aromatic heterocycles. The van der Waals surface area contributed by atoms with E-state index in [0.717, 1.165) is 56.3 Å². The molecule has 8 aromatic carbocycles. The van der Waals surface area contributed by atoms with Crippen LogP contribution in [0.5, 0.6) is 0 Å². The third-order valence-electron chi connectivity index (χ3n) is 10.3. The van der Waals surface area contributed by atoms with E-state index in [0.29, 0.717) is 5.69 Å². The summed E-state index contributed by atoms with van der Waals surface area (Å²) in [4.78, 5) is 10.1. The Labute approximate surface area is 289 Å². The summed E-state index contributed by atoms with van der Waals surface area (Å²) in [6, 6.07) is 53.9. The summed E-state index contributed by atoms with van der Waals surface area (Å²) < 4.78 is 0. The van der Waals surface area contributed by atoms with E-state index in [4.69, 9.17) is 15.7 Å². The van der Waals surface area contributed by atoms with Gasteiger partial charge in [-0.2, -0.15) is 0 Å². The predicted octanol–water partition coefficient (Wildman–Crippen LogP) is 12.0. The van der Waals surface area contributed by atoms with Crippen LogP contribution >= 0.6 is 0 Å². The van der Waals surface area contributed by atoms with E-state index in [1.807, 2.05) is 0 Å². The third-order valence-corrected chi connectivity index (χ3v) is 10.3. The molecule has 0 fully saturated rings. The van der Waals surface area contributed by atoms with Gasteiger partial charge in [0.1, 0.15) is 0 Å². The van der Waals surface area contributed by atoms with Gasteiger partial charge in [0.15, 0.2) is 0 Å². The number of nitrogen functional groups attached to an aromatic ring is 1. The predicted molar refractivity (Wildman–Crippen MR) is 213 cm³/mol. The second-order valence-electron chi connectivity index (χ2n) is 13.2. The Morgan fingerprint density at radius 3 is 1.78 bits per heavy atom. The molecule has 2 N–H and O–H groups in total. The molecule has 10 rings (SSSR count). The average molecular weight is 638 g/mol. The molecule has 0 atom stereocenters. The summed E-state index contributed by atoms with van der Waals surface area (Å²) in [6.07, 6.45) is 5.17. The summed E-state index contributed by atoms with van der Waals surface area (Å²) >= 11 is 0. The van der Waals surface area contributed by atoms with Gasteiger partial charge in [0.05, 0.1) is 28.1 Å². The molecule has 0 radical (unpaired) electrons. The zero-order chi connectivity index (χ0) is 33.2. The molecule has 0 aliphatic rings. The van der Waals surface area contributed by atoms with Crippen LogP contribution < -0.4 is 5.73 Å². The van der Waals surface area contributed by atoms with Crippen LogP contribution in [0.3, 0.4) is 0 Å². The molecule has 0 bridgehead atoms. The lowest BCUT2D eigenvalue weighted by Gasteiger charge is -2.13. The molecule has 2 heterocycles. The smallest absolute Gasteiger partial charge is 0.0944 e. The van der Waals surface area contributed by atoms with E-state index >= 15 is 0 Å². The van der Waals surface area contributed by atoms with E-state index in [9.17, 15) is 0 Å². The molecule has 3 nitrogen and oxygen atoms in total. The van der Waals surface area contributed by atoms with Crippen molar-refractivity contribution in [3.63, 3.8) is 0 Å². The normalized spacial score (nSPS) is 12.1. The lowest BCUT2D eigenvalue weighted by atomic mass is 9.91. The number of benzene rings is 8. The lowest BCUT2D eigenvalue weighted by molar-refractivity contribution is 1.31. The summed E-state index contributed by atoms with van der Waals surface area (Å²) in [6.45, 7) is 0. The highest BCUT2D eigenvalue weighted by atomic mass is 14.7. The van der Waals surface area contributed by atoms with Gasteiger partial charge >= 0.3 is 0 Å². The fourth-order valence-electron chi connectivity index (χ4n) is 7.65. The summed E-state index contributed by atoms with van der Waals surface area (Å²) in [5.41, 5.74) is 15.6. The van der Waals surface area contributed by atoms with Crippen LogP contribution in [-0.4, -0.2) is 9.97 Å². The van der Waals surface area contributed by atoms with E-state index < -0.39 is 0 Å². The van der Waals surface area contributed by atoms with Gasteiger partial charge in [-0.1, -0.05) is 152 Å². The Balaban J connectivity index is 0.944. The second kappa shape index (κ2) is 11.3. The van der Waals surface area contributed by atoms with Gasteiger partial charge in [-0.3, -0.25) is 0 Å². The highest BCUT2D eigenvalue weighted by molar-refractivity contribution is 6.23. The Kier molecular flexibility index (Phi) is 6.40. The van der Waals surface area contributed by atoms with Gasteiger partial charge in [-0.25, -0.2) is 9.97 Å². The fourth-order valence-corrected chi connectivity index (χ4v) is 7.65.